The van der Waals surface area contributed by atoms with Crippen molar-refractivity contribution in [3.05, 3.63) is 24.0 Å². The number of esters is 1. The van der Waals surface area contributed by atoms with Crippen LogP contribution in [0.3, 0.4) is 0 Å². The van der Waals surface area contributed by atoms with E-state index in [2.05, 4.69) is 41.1 Å². The summed E-state index contributed by atoms with van der Waals surface area (Å²) in [5.41, 5.74) is 2.12. The van der Waals surface area contributed by atoms with Gasteiger partial charge in [-0.25, -0.2) is 0 Å². The van der Waals surface area contributed by atoms with E-state index in [1.807, 2.05) is 18.3 Å². The molecule has 0 bridgehead atoms. The number of carbonyl (C=O) groups is 1. The lowest BCUT2D eigenvalue weighted by Crippen LogP contribution is -2.28. The summed E-state index contributed by atoms with van der Waals surface area (Å²) in [6.45, 7) is 8.07. The van der Waals surface area contributed by atoms with Crippen molar-refractivity contribution in [3.8, 4) is 0 Å². The Morgan fingerprint density at radius 3 is 2.58 bits per heavy atom. The summed E-state index contributed by atoms with van der Waals surface area (Å²) in [7, 11) is 1.38. The molecule has 0 aliphatic heterocycles. The van der Waals surface area contributed by atoms with E-state index < -0.39 is 0 Å². The van der Waals surface area contributed by atoms with E-state index in [0.29, 0.717) is 6.54 Å². The van der Waals surface area contributed by atoms with Crippen LogP contribution >= 0.6 is 0 Å². The average molecular weight is 265 g/mol. The van der Waals surface area contributed by atoms with Gasteiger partial charge in [-0.2, -0.15) is 0 Å². The van der Waals surface area contributed by atoms with Gasteiger partial charge in [-0.05, 0) is 12.1 Å². The molecule has 0 aliphatic carbocycles. The molecule has 0 unspecified atom stereocenters. The van der Waals surface area contributed by atoms with Crippen molar-refractivity contribution in [2.45, 2.75) is 26.2 Å². The lowest BCUT2D eigenvalue weighted by Gasteiger charge is -2.17. The van der Waals surface area contributed by atoms with Crippen LogP contribution in [0.4, 0.5) is 5.69 Å². The number of anilines is 1. The minimum atomic E-state index is -0.254. The number of nitrogens with one attached hydrogen (secondary N) is 2. The van der Waals surface area contributed by atoms with Gasteiger partial charge in [0, 0.05) is 24.2 Å². The Hall–Kier alpha value is -1.62. The maximum atomic E-state index is 10.9. The Labute approximate surface area is 114 Å². The lowest BCUT2D eigenvalue weighted by atomic mass is 9.92. The van der Waals surface area contributed by atoms with Crippen molar-refractivity contribution in [2.75, 3.05) is 32.1 Å². The molecule has 0 spiro atoms. The van der Waals surface area contributed by atoms with Crippen LogP contribution in [0.15, 0.2) is 18.3 Å². The van der Waals surface area contributed by atoms with E-state index in [0.717, 1.165) is 17.9 Å². The molecule has 1 heterocycles. The van der Waals surface area contributed by atoms with Crippen LogP contribution in [-0.4, -0.2) is 37.7 Å². The fourth-order valence-corrected chi connectivity index (χ4v) is 1.50. The van der Waals surface area contributed by atoms with Gasteiger partial charge in [-0.1, -0.05) is 20.8 Å². The Balaban J connectivity index is 2.29. The van der Waals surface area contributed by atoms with Gasteiger partial charge >= 0.3 is 5.97 Å². The monoisotopic (exact) mass is 265 g/mol. The molecular weight excluding hydrogens is 242 g/mol. The van der Waals surface area contributed by atoms with E-state index in [4.69, 9.17) is 0 Å². The minimum Gasteiger partial charge on any atom is -0.468 e. The number of hydrogen-bond acceptors (Lipinski definition) is 5. The third kappa shape index (κ3) is 5.70. The number of methoxy groups -OCH3 is 1. The molecule has 2 N–H and O–H groups in total. The van der Waals surface area contributed by atoms with Crippen LogP contribution in [0, 0.1) is 0 Å². The molecule has 19 heavy (non-hydrogen) atoms. The maximum Gasteiger partial charge on any atom is 0.319 e. The molecule has 5 heteroatoms. The molecule has 0 aliphatic rings. The summed E-state index contributed by atoms with van der Waals surface area (Å²) in [5, 5.41) is 6.22. The molecular formula is C14H23N3O2. The highest BCUT2D eigenvalue weighted by atomic mass is 16.5. The second kappa shape index (κ2) is 7.09. The Morgan fingerprint density at radius 1 is 1.32 bits per heavy atom. The number of pyridine rings is 1. The van der Waals surface area contributed by atoms with Gasteiger partial charge in [-0.15, -0.1) is 0 Å². The van der Waals surface area contributed by atoms with Crippen LogP contribution < -0.4 is 10.6 Å². The molecule has 1 rings (SSSR count). The van der Waals surface area contributed by atoms with Crippen molar-refractivity contribution in [3.63, 3.8) is 0 Å². The molecule has 0 amide bonds. The molecule has 5 nitrogen and oxygen atoms in total. The first-order chi connectivity index (χ1) is 8.93. The number of nitrogens with zero attached hydrogens (tertiary/aromatic N) is 1. The van der Waals surface area contributed by atoms with Gasteiger partial charge < -0.3 is 15.4 Å². The molecule has 0 saturated heterocycles. The van der Waals surface area contributed by atoms with Gasteiger partial charge in [0.15, 0.2) is 0 Å². The molecule has 0 saturated carbocycles. The van der Waals surface area contributed by atoms with E-state index >= 15 is 0 Å². The number of carbonyl (C=O) groups excluding carboxylic acids is 1. The molecule has 0 radical (unpaired) electrons. The molecule has 0 fully saturated rings. The van der Waals surface area contributed by atoms with E-state index in [1.54, 1.807) is 0 Å². The Morgan fingerprint density at radius 2 is 2.05 bits per heavy atom. The summed E-state index contributed by atoms with van der Waals surface area (Å²) >= 11 is 0. The molecule has 106 valence electrons. The topological polar surface area (TPSA) is 63.2 Å². The third-order valence-electron chi connectivity index (χ3n) is 2.66. The smallest absolute Gasteiger partial charge is 0.319 e. The first-order valence-corrected chi connectivity index (χ1v) is 6.41. The number of aromatic nitrogens is 1. The third-order valence-corrected chi connectivity index (χ3v) is 2.66. The predicted molar refractivity (Wildman–Crippen MR) is 76.3 cm³/mol. The van der Waals surface area contributed by atoms with Crippen LogP contribution in [0.2, 0.25) is 0 Å². The maximum absolute atomic E-state index is 10.9. The van der Waals surface area contributed by atoms with Crippen molar-refractivity contribution in [1.29, 1.82) is 0 Å². The zero-order valence-corrected chi connectivity index (χ0v) is 12.1. The normalized spacial score (nSPS) is 11.2. The van der Waals surface area contributed by atoms with E-state index in [-0.39, 0.29) is 17.9 Å². The summed E-state index contributed by atoms with van der Waals surface area (Å²) in [5.74, 6) is -0.254. The van der Waals surface area contributed by atoms with Gasteiger partial charge in [0.05, 0.1) is 25.5 Å². The highest BCUT2D eigenvalue weighted by molar-refractivity contribution is 5.71. The number of hydrogen-bond donors (Lipinski definition) is 2. The van der Waals surface area contributed by atoms with Gasteiger partial charge in [0.25, 0.3) is 0 Å². The van der Waals surface area contributed by atoms with Crippen molar-refractivity contribution in [1.82, 2.24) is 10.3 Å². The number of rotatable bonds is 6. The predicted octanol–water partition coefficient (Wildman–Crippen LogP) is 1.55. The Bertz CT molecular complexity index is 396. The van der Waals surface area contributed by atoms with Crippen molar-refractivity contribution >= 4 is 11.7 Å². The van der Waals surface area contributed by atoms with Crippen molar-refractivity contribution in [2.24, 2.45) is 0 Å². The zero-order valence-electron chi connectivity index (χ0n) is 12.1. The second-order valence-corrected chi connectivity index (χ2v) is 5.36. The first-order valence-electron chi connectivity index (χ1n) is 6.41. The average Bonchev–Trinajstić information content (AvgIpc) is 2.37. The largest absolute Gasteiger partial charge is 0.468 e. The minimum absolute atomic E-state index is 0.0700. The van der Waals surface area contributed by atoms with E-state index in [9.17, 15) is 4.79 Å². The van der Waals surface area contributed by atoms with Gasteiger partial charge in [-0.3, -0.25) is 9.78 Å². The van der Waals surface area contributed by atoms with Gasteiger partial charge in [0.1, 0.15) is 0 Å². The van der Waals surface area contributed by atoms with Gasteiger partial charge in [0.2, 0.25) is 0 Å². The molecule has 0 atom stereocenters. The fraction of sp³-hybridized carbons (Fsp3) is 0.571. The Kier molecular flexibility index (Phi) is 5.76. The molecule has 1 aromatic rings. The van der Waals surface area contributed by atoms with Crippen LogP contribution in [0.1, 0.15) is 26.5 Å². The van der Waals surface area contributed by atoms with E-state index in [1.165, 1.54) is 7.11 Å². The summed E-state index contributed by atoms with van der Waals surface area (Å²) < 4.78 is 4.53. The highest BCUT2D eigenvalue weighted by Gasteiger charge is 2.14. The first kappa shape index (κ1) is 15.4. The second-order valence-electron chi connectivity index (χ2n) is 5.36. The molecule has 1 aromatic heterocycles. The summed E-state index contributed by atoms with van der Waals surface area (Å²) in [6, 6.07) is 4.05. The lowest BCUT2D eigenvalue weighted by molar-refractivity contribution is -0.139. The SMILES string of the molecule is COC(=O)CNCCNc1ccc(C(C)(C)C)nc1. The summed E-state index contributed by atoms with van der Waals surface area (Å²) in [4.78, 5) is 15.3. The van der Waals surface area contributed by atoms with Crippen LogP contribution in [-0.2, 0) is 14.9 Å². The fourth-order valence-electron chi connectivity index (χ4n) is 1.50. The zero-order chi connectivity index (χ0) is 14.3. The standard InChI is InChI=1S/C14H23N3O2/c1-14(2,3)12-6-5-11(9-17-12)16-8-7-15-10-13(18)19-4/h5-6,9,15-16H,7-8,10H2,1-4H3. The number of ether oxygens (including phenoxy) is 1. The highest BCUT2D eigenvalue weighted by Crippen LogP contribution is 2.20. The quantitative estimate of drug-likeness (QED) is 0.603. The van der Waals surface area contributed by atoms with Crippen LogP contribution in [0.25, 0.3) is 0 Å². The summed E-state index contributed by atoms with van der Waals surface area (Å²) in [6.07, 6.45) is 1.83. The van der Waals surface area contributed by atoms with Crippen molar-refractivity contribution < 1.29 is 9.53 Å². The van der Waals surface area contributed by atoms with Crippen LogP contribution in [0.5, 0.6) is 0 Å². The molecule has 0 aromatic carbocycles.